The van der Waals surface area contributed by atoms with Crippen LogP contribution in [0, 0.1) is 13.8 Å². The van der Waals surface area contributed by atoms with Gasteiger partial charge in [0.25, 0.3) is 0 Å². The maximum absolute atomic E-state index is 11.7. The zero-order valence-electron chi connectivity index (χ0n) is 8.51. The van der Waals surface area contributed by atoms with Crippen LogP contribution >= 0.6 is 0 Å². The van der Waals surface area contributed by atoms with Gasteiger partial charge in [-0.05, 0) is 13.8 Å². The molecule has 1 amide bonds. The van der Waals surface area contributed by atoms with Crippen LogP contribution < -0.4 is 5.32 Å². The zero-order chi connectivity index (χ0) is 12.3. The van der Waals surface area contributed by atoms with Crippen LogP contribution in [0.2, 0.25) is 0 Å². The molecule has 90 valence electrons. The van der Waals surface area contributed by atoms with Crippen molar-refractivity contribution in [2.24, 2.45) is 0 Å². The molecule has 0 aromatic carbocycles. The molecule has 0 spiro atoms. The third kappa shape index (κ3) is 3.44. The topological polar surface area (TPSA) is 64.4 Å². The van der Waals surface area contributed by atoms with Gasteiger partial charge in [0.2, 0.25) is 5.88 Å². The highest BCUT2D eigenvalue weighted by Crippen LogP contribution is 2.18. The van der Waals surface area contributed by atoms with Crippen LogP contribution in [0.5, 0.6) is 0 Å². The van der Waals surface area contributed by atoms with E-state index in [9.17, 15) is 18.0 Å². The molecule has 0 bridgehead atoms. The van der Waals surface area contributed by atoms with E-state index in [4.69, 9.17) is 0 Å². The van der Waals surface area contributed by atoms with E-state index in [1.165, 1.54) is 0 Å². The Labute approximate surface area is 88.5 Å². The normalized spacial score (nSPS) is 11.3. The predicted molar refractivity (Wildman–Crippen MR) is 47.0 cm³/mol. The number of nitrogens with zero attached hydrogens (tertiary/aromatic N) is 1. The number of ether oxygens (including phenoxy) is 1. The van der Waals surface area contributed by atoms with Gasteiger partial charge >= 0.3 is 12.3 Å². The second-order valence-electron chi connectivity index (χ2n) is 3.04. The van der Waals surface area contributed by atoms with Gasteiger partial charge in [0.05, 0.1) is 5.69 Å². The van der Waals surface area contributed by atoms with E-state index in [0.29, 0.717) is 11.3 Å². The average Bonchev–Trinajstić information content (AvgIpc) is 2.46. The van der Waals surface area contributed by atoms with Gasteiger partial charge in [-0.3, -0.25) is 5.32 Å². The van der Waals surface area contributed by atoms with Crippen LogP contribution in [-0.2, 0) is 4.74 Å². The first-order valence-electron chi connectivity index (χ1n) is 4.23. The molecule has 0 atom stereocenters. The summed E-state index contributed by atoms with van der Waals surface area (Å²) in [5.41, 5.74) is 1.06. The van der Waals surface area contributed by atoms with Gasteiger partial charge in [-0.2, -0.15) is 13.2 Å². The Kier molecular flexibility index (Phi) is 3.41. The van der Waals surface area contributed by atoms with Crippen molar-refractivity contribution in [3.8, 4) is 0 Å². The predicted octanol–water partition coefficient (Wildman–Crippen LogP) is 2.40. The summed E-state index contributed by atoms with van der Waals surface area (Å²) in [5.74, 6) is -0.0234. The van der Waals surface area contributed by atoms with Crippen molar-refractivity contribution in [1.82, 2.24) is 5.16 Å². The summed E-state index contributed by atoms with van der Waals surface area (Å²) >= 11 is 0. The van der Waals surface area contributed by atoms with E-state index in [1.807, 2.05) is 5.32 Å². The minimum absolute atomic E-state index is 0.0234. The van der Waals surface area contributed by atoms with Crippen LogP contribution in [-0.4, -0.2) is 24.0 Å². The Bertz CT molecular complexity index is 386. The van der Waals surface area contributed by atoms with Gasteiger partial charge in [0.1, 0.15) is 0 Å². The number of aryl methyl sites for hydroxylation is 1. The lowest BCUT2D eigenvalue weighted by Gasteiger charge is -2.07. The summed E-state index contributed by atoms with van der Waals surface area (Å²) in [4.78, 5) is 10.9. The Morgan fingerprint density at radius 1 is 1.50 bits per heavy atom. The summed E-state index contributed by atoms with van der Waals surface area (Å²) in [6.07, 6.45) is -5.79. The molecule has 1 heterocycles. The van der Waals surface area contributed by atoms with Crippen LogP contribution in [0.15, 0.2) is 4.52 Å². The van der Waals surface area contributed by atoms with E-state index in [2.05, 4.69) is 14.4 Å². The summed E-state index contributed by atoms with van der Waals surface area (Å²) in [6.45, 7) is 1.58. The smallest absolute Gasteiger partial charge is 0.422 e. The lowest BCUT2D eigenvalue weighted by molar-refractivity contribution is -0.159. The first-order valence-corrected chi connectivity index (χ1v) is 4.23. The number of amides is 1. The van der Waals surface area contributed by atoms with E-state index in [0.717, 1.165) is 0 Å². The standard InChI is InChI=1S/C8H9F3N2O3/c1-4-5(2)13-16-6(4)12-7(14)15-3-8(9,10)11/h3H2,1-2H3,(H,12,14). The number of halogens is 3. The fourth-order valence-corrected chi connectivity index (χ4v) is 0.808. The number of nitrogens with one attached hydrogen (secondary N) is 1. The van der Waals surface area contributed by atoms with Crippen molar-refractivity contribution in [2.75, 3.05) is 11.9 Å². The highest BCUT2D eigenvalue weighted by molar-refractivity contribution is 5.83. The van der Waals surface area contributed by atoms with Crippen molar-refractivity contribution in [3.05, 3.63) is 11.3 Å². The number of hydrogen-bond acceptors (Lipinski definition) is 4. The second-order valence-corrected chi connectivity index (χ2v) is 3.04. The fraction of sp³-hybridized carbons (Fsp3) is 0.500. The van der Waals surface area contributed by atoms with Crippen LogP contribution in [0.25, 0.3) is 0 Å². The van der Waals surface area contributed by atoms with E-state index >= 15 is 0 Å². The van der Waals surface area contributed by atoms with Crippen molar-refractivity contribution >= 4 is 12.0 Å². The van der Waals surface area contributed by atoms with Gasteiger partial charge in [0.15, 0.2) is 6.61 Å². The first-order chi connectivity index (χ1) is 7.29. The van der Waals surface area contributed by atoms with Crippen LogP contribution in [0.1, 0.15) is 11.3 Å². The molecule has 1 rings (SSSR count). The quantitative estimate of drug-likeness (QED) is 0.859. The SMILES string of the molecule is Cc1noc(NC(=O)OCC(F)(F)F)c1C. The van der Waals surface area contributed by atoms with Gasteiger partial charge in [0, 0.05) is 5.56 Å². The Morgan fingerprint density at radius 2 is 2.12 bits per heavy atom. The maximum Gasteiger partial charge on any atom is 0.422 e. The monoisotopic (exact) mass is 238 g/mol. The number of aromatic nitrogens is 1. The molecule has 0 saturated carbocycles. The molecule has 0 aliphatic rings. The molecule has 0 fully saturated rings. The summed E-state index contributed by atoms with van der Waals surface area (Å²) in [6, 6.07) is 0. The maximum atomic E-state index is 11.7. The highest BCUT2D eigenvalue weighted by Gasteiger charge is 2.29. The molecule has 0 radical (unpaired) electrons. The van der Waals surface area contributed by atoms with E-state index in [1.54, 1.807) is 13.8 Å². The highest BCUT2D eigenvalue weighted by atomic mass is 19.4. The minimum atomic E-state index is -4.55. The second kappa shape index (κ2) is 4.42. The molecular weight excluding hydrogens is 229 g/mol. The molecule has 0 aliphatic carbocycles. The van der Waals surface area contributed by atoms with E-state index in [-0.39, 0.29) is 5.88 Å². The van der Waals surface area contributed by atoms with Crippen molar-refractivity contribution < 1.29 is 27.2 Å². The third-order valence-electron chi connectivity index (χ3n) is 1.74. The molecule has 0 unspecified atom stereocenters. The van der Waals surface area contributed by atoms with Gasteiger partial charge in [-0.1, -0.05) is 5.16 Å². The molecule has 1 aromatic rings. The number of carbonyl (C=O) groups is 1. The molecular formula is C8H9F3N2O3. The molecule has 16 heavy (non-hydrogen) atoms. The van der Waals surface area contributed by atoms with Gasteiger partial charge < -0.3 is 9.26 Å². The number of anilines is 1. The third-order valence-corrected chi connectivity index (χ3v) is 1.74. The largest absolute Gasteiger partial charge is 0.440 e. The number of rotatable bonds is 2. The lowest BCUT2D eigenvalue weighted by Crippen LogP contribution is -2.23. The van der Waals surface area contributed by atoms with Crippen LogP contribution in [0.4, 0.5) is 23.8 Å². The lowest BCUT2D eigenvalue weighted by atomic mass is 10.3. The Hall–Kier alpha value is -1.73. The zero-order valence-corrected chi connectivity index (χ0v) is 8.51. The molecule has 1 N–H and O–H groups in total. The molecule has 1 aromatic heterocycles. The summed E-state index contributed by atoms with van der Waals surface area (Å²) in [7, 11) is 0. The number of hydrogen-bond donors (Lipinski definition) is 1. The Balaban J connectivity index is 2.49. The van der Waals surface area contributed by atoms with Crippen molar-refractivity contribution in [1.29, 1.82) is 0 Å². The van der Waals surface area contributed by atoms with Gasteiger partial charge in [-0.15, -0.1) is 0 Å². The van der Waals surface area contributed by atoms with Crippen molar-refractivity contribution in [3.63, 3.8) is 0 Å². The van der Waals surface area contributed by atoms with Crippen molar-refractivity contribution in [2.45, 2.75) is 20.0 Å². The molecule has 8 heteroatoms. The van der Waals surface area contributed by atoms with Crippen LogP contribution in [0.3, 0.4) is 0 Å². The number of alkyl halides is 3. The van der Waals surface area contributed by atoms with E-state index < -0.39 is 18.9 Å². The minimum Gasteiger partial charge on any atom is -0.440 e. The molecule has 0 aliphatic heterocycles. The van der Waals surface area contributed by atoms with Gasteiger partial charge in [-0.25, -0.2) is 4.79 Å². The average molecular weight is 238 g/mol. The molecule has 5 nitrogen and oxygen atoms in total. The summed E-state index contributed by atoms with van der Waals surface area (Å²) in [5, 5.41) is 5.52. The first kappa shape index (κ1) is 12.3. The Morgan fingerprint density at radius 3 is 2.56 bits per heavy atom. The number of carbonyl (C=O) groups excluding carboxylic acids is 1. The molecule has 0 saturated heterocycles. The summed E-state index contributed by atoms with van der Waals surface area (Å²) < 4.78 is 43.7. The fourth-order valence-electron chi connectivity index (χ4n) is 0.808.